The third-order valence-corrected chi connectivity index (χ3v) is 5.38. The van der Waals surface area contributed by atoms with Crippen molar-refractivity contribution in [2.75, 3.05) is 32.2 Å². The first kappa shape index (κ1) is 20.5. The molecule has 154 valence electrons. The Balaban J connectivity index is 1.80. The fourth-order valence-corrected chi connectivity index (χ4v) is 4.24. The number of hydrogen-bond acceptors (Lipinski definition) is 6. The van der Waals surface area contributed by atoms with Crippen molar-refractivity contribution >= 4 is 17.6 Å². The Kier molecular flexibility index (Phi) is 5.85. The predicted molar refractivity (Wildman–Crippen MR) is 93.5 cm³/mol. The number of benzene rings is 1. The molecular formula is C19H23F2NO6. The molecule has 1 spiro atoms. The van der Waals surface area contributed by atoms with Crippen molar-refractivity contribution in [2.24, 2.45) is 11.3 Å². The van der Waals surface area contributed by atoms with Gasteiger partial charge in [0.05, 0.1) is 31.7 Å². The van der Waals surface area contributed by atoms with Gasteiger partial charge in [-0.3, -0.25) is 9.59 Å². The Morgan fingerprint density at radius 1 is 1.21 bits per heavy atom. The van der Waals surface area contributed by atoms with E-state index < -0.39 is 40.7 Å². The molecule has 1 aromatic rings. The molecule has 28 heavy (non-hydrogen) atoms. The lowest BCUT2D eigenvalue weighted by molar-refractivity contribution is -0.223. The summed E-state index contributed by atoms with van der Waals surface area (Å²) in [6.45, 7) is 0.829. The van der Waals surface area contributed by atoms with Gasteiger partial charge in [0.25, 0.3) is 0 Å². The molecule has 0 amide bonds. The van der Waals surface area contributed by atoms with Gasteiger partial charge >= 0.3 is 11.9 Å². The average Bonchev–Trinajstić information content (AvgIpc) is 3.07. The summed E-state index contributed by atoms with van der Waals surface area (Å²) in [5.74, 6) is -5.00. The molecule has 2 N–H and O–H groups in total. The van der Waals surface area contributed by atoms with E-state index in [1.165, 1.54) is 7.11 Å². The highest BCUT2D eigenvalue weighted by Crippen LogP contribution is 2.50. The summed E-state index contributed by atoms with van der Waals surface area (Å²) in [6, 6.07) is 3.04. The van der Waals surface area contributed by atoms with E-state index in [1.54, 1.807) is 0 Å². The summed E-state index contributed by atoms with van der Waals surface area (Å²) in [7, 11) is 1.24. The van der Waals surface area contributed by atoms with E-state index in [0.717, 1.165) is 18.2 Å². The van der Waals surface area contributed by atoms with Crippen LogP contribution in [0.2, 0.25) is 0 Å². The minimum Gasteiger partial charge on any atom is -0.481 e. The minimum atomic E-state index is -1.15. The van der Waals surface area contributed by atoms with E-state index in [4.69, 9.17) is 14.2 Å². The predicted octanol–water partition coefficient (Wildman–Crippen LogP) is 2.55. The van der Waals surface area contributed by atoms with Crippen LogP contribution in [0.3, 0.4) is 0 Å². The summed E-state index contributed by atoms with van der Waals surface area (Å²) < 4.78 is 43.1. The smallest absolute Gasteiger partial charge is 0.312 e. The summed E-state index contributed by atoms with van der Waals surface area (Å²) in [5.41, 5.74) is -0.926. The van der Waals surface area contributed by atoms with Gasteiger partial charge in [0.15, 0.2) is 5.79 Å². The van der Waals surface area contributed by atoms with Crippen LogP contribution in [0, 0.1) is 23.0 Å². The van der Waals surface area contributed by atoms with Crippen LogP contribution in [-0.4, -0.2) is 49.7 Å². The van der Waals surface area contributed by atoms with Gasteiger partial charge in [0.2, 0.25) is 0 Å². The second kappa shape index (κ2) is 8.00. The Labute approximate surface area is 161 Å². The SMILES string of the molecule is COC(=O)C1(CCNc2cc(F)cc(F)c2)CC(C(=O)O)CC2(C1)OCCO2. The van der Waals surface area contributed by atoms with Crippen LogP contribution >= 0.6 is 0 Å². The Morgan fingerprint density at radius 3 is 2.43 bits per heavy atom. The summed E-state index contributed by atoms with van der Waals surface area (Å²) in [5, 5.41) is 12.5. The van der Waals surface area contributed by atoms with Gasteiger partial charge in [-0.05, 0) is 25.0 Å². The van der Waals surface area contributed by atoms with Gasteiger partial charge in [0, 0.05) is 31.1 Å². The van der Waals surface area contributed by atoms with Crippen molar-refractivity contribution in [3.05, 3.63) is 29.8 Å². The Morgan fingerprint density at radius 2 is 1.86 bits per heavy atom. The molecule has 1 aromatic carbocycles. The molecule has 1 saturated heterocycles. The van der Waals surface area contributed by atoms with Crippen LogP contribution in [0.25, 0.3) is 0 Å². The van der Waals surface area contributed by atoms with Crippen molar-refractivity contribution in [2.45, 2.75) is 31.5 Å². The number of anilines is 1. The summed E-state index contributed by atoms with van der Waals surface area (Å²) in [4.78, 5) is 24.4. The molecule has 2 aliphatic rings. The molecule has 2 fully saturated rings. The van der Waals surface area contributed by atoms with E-state index in [-0.39, 0.29) is 37.9 Å². The molecule has 0 radical (unpaired) electrons. The van der Waals surface area contributed by atoms with E-state index in [9.17, 15) is 23.5 Å². The lowest BCUT2D eigenvalue weighted by Gasteiger charge is -2.45. The third kappa shape index (κ3) is 4.25. The number of carboxylic acids is 1. The van der Waals surface area contributed by atoms with Gasteiger partial charge in [-0.1, -0.05) is 0 Å². The normalized spacial score (nSPS) is 26.2. The zero-order valence-electron chi connectivity index (χ0n) is 15.5. The van der Waals surface area contributed by atoms with Crippen molar-refractivity contribution in [3.8, 4) is 0 Å². The molecule has 9 heteroatoms. The number of rotatable bonds is 6. The lowest BCUT2D eigenvalue weighted by atomic mass is 9.65. The lowest BCUT2D eigenvalue weighted by Crippen LogP contribution is -2.51. The maximum Gasteiger partial charge on any atom is 0.312 e. The second-order valence-electron chi connectivity index (χ2n) is 7.33. The average molecular weight is 399 g/mol. The van der Waals surface area contributed by atoms with Crippen LogP contribution < -0.4 is 5.32 Å². The van der Waals surface area contributed by atoms with Crippen molar-refractivity contribution < 1.29 is 37.7 Å². The first-order valence-electron chi connectivity index (χ1n) is 9.07. The maximum atomic E-state index is 13.4. The van der Waals surface area contributed by atoms with Crippen molar-refractivity contribution in [3.63, 3.8) is 0 Å². The number of hydrogen-bond donors (Lipinski definition) is 2. The van der Waals surface area contributed by atoms with Gasteiger partial charge in [-0.25, -0.2) is 8.78 Å². The number of carboxylic acid groups (broad SMARTS) is 1. The zero-order chi connectivity index (χ0) is 20.4. The molecule has 3 rings (SSSR count). The Hall–Kier alpha value is -2.26. The highest BCUT2D eigenvalue weighted by atomic mass is 19.1. The molecule has 1 aliphatic heterocycles. The number of carbonyl (C=O) groups excluding carboxylic acids is 1. The quantitative estimate of drug-likeness (QED) is 0.710. The molecule has 0 aromatic heterocycles. The highest BCUT2D eigenvalue weighted by molar-refractivity contribution is 5.79. The second-order valence-corrected chi connectivity index (χ2v) is 7.33. The van der Waals surface area contributed by atoms with Gasteiger partial charge in [-0.2, -0.15) is 0 Å². The van der Waals surface area contributed by atoms with Gasteiger partial charge in [-0.15, -0.1) is 0 Å². The number of halogens is 2. The largest absolute Gasteiger partial charge is 0.481 e. The van der Waals surface area contributed by atoms with Crippen molar-refractivity contribution in [1.82, 2.24) is 0 Å². The molecule has 2 atom stereocenters. The minimum absolute atomic E-state index is 0.0721. The molecular weight excluding hydrogens is 376 g/mol. The number of nitrogens with one attached hydrogen (secondary N) is 1. The van der Waals surface area contributed by atoms with Crippen LogP contribution in [0.15, 0.2) is 18.2 Å². The third-order valence-electron chi connectivity index (χ3n) is 5.38. The molecule has 1 aliphatic carbocycles. The van der Waals surface area contributed by atoms with E-state index in [2.05, 4.69) is 5.32 Å². The van der Waals surface area contributed by atoms with Crippen LogP contribution in [-0.2, 0) is 23.8 Å². The van der Waals surface area contributed by atoms with Crippen LogP contribution in [0.5, 0.6) is 0 Å². The fourth-order valence-electron chi connectivity index (χ4n) is 4.24. The van der Waals surface area contributed by atoms with Crippen LogP contribution in [0.4, 0.5) is 14.5 Å². The number of ether oxygens (including phenoxy) is 3. The molecule has 2 unspecified atom stereocenters. The van der Waals surface area contributed by atoms with Gasteiger partial charge < -0.3 is 24.6 Å². The van der Waals surface area contributed by atoms with E-state index >= 15 is 0 Å². The summed E-state index contributed by atoms with van der Waals surface area (Å²) >= 11 is 0. The standard InChI is InChI=1S/C19H23F2NO6/c1-26-17(25)18(2-3-22-15-7-13(20)6-14(21)8-15)9-12(16(23)24)10-19(11-18)27-4-5-28-19/h6-8,12,22H,2-5,9-11H2,1H3,(H,23,24). The number of carbonyl (C=O) groups is 2. The molecule has 0 bridgehead atoms. The molecule has 1 saturated carbocycles. The van der Waals surface area contributed by atoms with Crippen LogP contribution in [0.1, 0.15) is 25.7 Å². The zero-order valence-corrected chi connectivity index (χ0v) is 15.5. The molecule has 1 heterocycles. The number of methoxy groups -OCH3 is 1. The first-order valence-corrected chi connectivity index (χ1v) is 9.07. The maximum absolute atomic E-state index is 13.4. The highest BCUT2D eigenvalue weighted by Gasteiger charge is 2.57. The van der Waals surface area contributed by atoms with Gasteiger partial charge in [0.1, 0.15) is 11.6 Å². The number of esters is 1. The molecule has 7 nitrogen and oxygen atoms in total. The van der Waals surface area contributed by atoms with Crippen molar-refractivity contribution in [1.29, 1.82) is 0 Å². The van der Waals surface area contributed by atoms with E-state index in [1.807, 2.05) is 0 Å². The van der Waals surface area contributed by atoms with E-state index in [0.29, 0.717) is 13.2 Å². The Bertz CT molecular complexity index is 732. The monoisotopic (exact) mass is 399 g/mol. The fraction of sp³-hybridized carbons (Fsp3) is 0.579. The summed E-state index contributed by atoms with van der Waals surface area (Å²) in [6.07, 6.45) is 0.581. The topological polar surface area (TPSA) is 94.1 Å². The first-order chi connectivity index (χ1) is 13.3. The number of aliphatic carboxylic acids is 1.